The summed E-state index contributed by atoms with van der Waals surface area (Å²) in [6.45, 7) is 0.500. The van der Waals surface area contributed by atoms with Gasteiger partial charge in [0.1, 0.15) is 0 Å². The molecule has 1 amide bonds. The van der Waals surface area contributed by atoms with Crippen LogP contribution in [-0.4, -0.2) is 17.7 Å². The molecule has 4 rings (SSSR count). The van der Waals surface area contributed by atoms with Crippen LogP contribution in [-0.2, 0) is 6.54 Å². The maximum absolute atomic E-state index is 13.5. The second-order valence-electron chi connectivity index (χ2n) is 5.78. The van der Waals surface area contributed by atoms with Crippen molar-refractivity contribution in [3.05, 3.63) is 83.9 Å². The number of pyridine rings is 1. The van der Waals surface area contributed by atoms with Crippen molar-refractivity contribution in [2.75, 3.05) is 11.7 Å². The number of anilines is 1. The summed E-state index contributed by atoms with van der Waals surface area (Å²) in [5, 5.41) is 0. The molecule has 5 nitrogen and oxygen atoms in total. The van der Waals surface area contributed by atoms with Crippen LogP contribution in [0.1, 0.15) is 15.9 Å². The molecule has 3 aromatic rings. The Balaban J connectivity index is 1.68. The highest BCUT2D eigenvalue weighted by Crippen LogP contribution is 2.33. The summed E-state index contributed by atoms with van der Waals surface area (Å²) in [7, 11) is 0. The minimum absolute atomic E-state index is 0.191. The number of ether oxygens (including phenoxy) is 2. The SMILES string of the molecule is O=C(c1ccnc(F)c1)N(Cc1ccc2c(c1)OCO2)c1ccccc1. The van der Waals surface area contributed by atoms with E-state index < -0.39 is 5.95 Å². The summed E-state index contributed by atoms with van der Waals surface area (Å²) in [5.41, 5.74) is 1.83. The summed E-state index contributed by atoms with van der Waals surface area (Å²) in [5.74, 6) is 0.336. The number of para-hydroxylation sites is 1. The van der Waals surface area contributed by atoms with Gasteiger partial charge < -0.3 is 14.4 Å². The van der Waals surface area contributed by atoms with Crippen molar-refractivity contribution in [1.82, 2.24) is 4.98 Å². The molecule has 0 spiro atoms. The molecule has 0 saturated carbocycles. The number of aromatic nitrogens is 1. The Kier molecular flexibility index (Phi) is 4.23. The third kappa shape index (κ3) is 3.21. The summed E-state index contributed by atoms with van der Waals surface area (Å²) in [4.78, 5) is 18.1. The molecule has 2 heterocycles. The Morgan fingerprint density at radius 1 is 1.04 bits per heavy atom. The molecular formula is C20H15FN2O3. The lowest BCUT2D eigenvalue weighted by Gasteiger charge is -2.23. The van der Waals surface area contributed by atoms with E-state index >= 15 is 0 Å². The highest BCUT2D eigenvalue weighted by Gasteiger charge is 2.20. The third-order valence-corrected chi connectivity index (χ3v) is 4.06. The van der Waals surface area contributed by atoms with Crippen LogP contribution in [0.5, 0.6) is 11.5 Å². The predicted molar refractivity (Wildman–Crippen MR) is 93.7 cm³/mol. The lowest BCUT2D eigenvalue weighted by atomic mass is 10.1. The van der Waals surface area contributed by atoms with Crippen LogP contribution < -0.4 is 14.4 Å². The van der Waals surface area contributed by atoms with Crippen LogP contribution in [0.2, 0.25) is 0 Å². The lowest BCUT2D eigenvalue weighted by Crippen LogP contribution is -2.30. The number of amides is 1. The van der Waals surface area contributed by atoms with Crippen molar-refractivity contribution in [3.63, 3.8) is 0 Å². The second-order valence-corrected chi connectivity index (χ2v) is 5.78. The number of nitrogens with zero attached hydrogens (tertiary/aromatic N) is 2. The second kappa shape index (κ2) is 6.84. The van der Waals surface area contributed by atoms with Gasteiger partial charge in [0.25, 0.3) is 5.91 Å². The number of fused-ring (bicyclic) bond motifs is 1. The fourth-order valence-corrected chi connectivity index (χ4v) is 2.80. The number of hydrogen-bond donors (Lipinski definition) is 0. The van der Waals surface area contributed by atoms with Gasteiger partial charge in [-0.2, -0.15) is 4.39 Å². The Morgan fingerprint density at radius 2 is 1.85 bits per heavy atom. The average Bonchev–Trinajstić information content (AvgIpc) is 3.14. The van der Waals surface area contributed by atoms with Crippen molar-refractivity contribution >= 4 is 11.6 Å². The van der Waals surface area contributed by atoms with Gasteiger partial charge in [-0.3, -0.25) is 4.79 Å². The largest absolute Gasteiger partial charge is 0.454 e. The highest BCUT2D eigenvalue weighted by molar-refractivity contribution is 6.05. The summed E-state index contributed by atoms with van der Waals surface area (Å²) in [6.07, 6.45) is 1.28. The van der Waals surface area contributed by atoms with Crippen molar-refractivity contribution < 1.29 is 18.7 Å². The molecule has 1 aromatic heterocycles. The fourth-order valence-electron chi connectivity index (χ4n) is 2.80. The molecule has 6 heteroatoms. The van der Waals surface area contributed by atoms with E-state index in [1.54, 1.807) is 4.90 Å². The minimum atomic E-state index is -0.688. The molecule has 0 bridgehead atoms. The van der Waals surface area contributed by atoms with E-state index in [-0.39, 0.29) is 18.3 Å². The summed E-state index contributed by atoms with van der Waals surface area (Å²) in [6, 6.07) is 17.4. The molecule has 0 radical (unpaired) electrons. The van der Waals surface area contributed by atoms with Gasteiger partial charge in [0, 0.05) is 23.5 Å². The normalized spacial score (nSPS) is 12.0. The van der Waals surface area contributed by atoms with Crippen molar-refractivity contribution in [3.8, 4) is 11.5 Å². The quantitative estimate of drug-likeness (QED) is 0.672. The van der Waals surface area contributed by atoms with Crippen LogP contribution >= 0.6 is 0 Å². The monoisotopic (exact) mass is 350 g/mol. The van der Waals surface area contributed by atoms with E-state index in [0.29, 0.717) is 23.7 Å². The first-order chi connectivity index (χ1) is 12.7. The molecule has 2 aromatic carbocycles. The van der Waals surface area contributed by atoms with E-state index in [1.807, 2.05) is 48.5 Å². The third-order valence-electron chi connectivity index (χ3n) is 4.06. The maximum atomic E-state index is 13.5. The number of halogens is 1. The van der Waals surface area contributed by atoms with Gasteiger partial charge in [0.2, 0.25) is 12.7 Å². The van der Waals surface area contributed by atoms with Gasteiger partial charge >= 0.3 is 0 Å². The molecule has 26 heavy (non-hydrogen) atoms. The maximum Gasteiger partial charge on any atom is 0.258 e. The predicted octanol–water partition coefficient (Wildman–Crippen LogP) is 3.80. The first kappa shape index (κ1) is 16.1. The van der Waals surface area contributed by atoms with Gasteiger partial charge in [-0.1, -0.05) is 24.3 Å². The van der Waals surface area contributed by atoms with Crippen LogP contribution in [0.25, 0.3) is 0 Å². The van der Waals surface area contributed by atoms with Crippen LogP contribution in [0.3, 0.4) is 0 Å². The standard InChI is InChI=1S/C20H15FN2O3/c21-19-11-15(8-9-22-19)20(24)23(16-4-2-1-3-5-16)12-14-6-7-17-18(10-14)26-13-25-17/h1-11H,12-13H2. The summed E-state index contributed by atoms with van der Waals surface area (Å²) < 4.78 is 24.2. The van der Waals surface area contributed by atoms with E-state index in [4.69, 9.17) is 9.47 Å². The molecule has 0 fully saturated rings. The molecule has 130 valence electrons. The van der Waals surface area contributed by atoms with Crippen molar-refractivity contribution in [2.45, 2.75) is 6.54 Å². The number of rotatable bonds is 4. The molecule has 0 atom stereocenters. The Morgan fingerprint density at radius 3 is 2.65 bits per heavy atom. The number of hydrogen-bond acceptors (Lipinski definition) is 4. The van der Waals surface area contributed by atoms with Gasteiger partial charge in [-0.25, -0.2) is 4.98 Å². The zero-order valence-electron chi connectivity index (χ0n) is 13.8. The van der Waals surface area contributed by atoms with Crippen LogP contribution in [0.15, 0.2) is 66.9 Å². The van der Waals surface area contributed by atoms with E-state index in [2.05, 4.69) is 4.98 Å². The fraction of sp³-hybridized carbons (Fsp3) is 0.100. The molecular weight excluding hydrogens is 335 g/mol. The number of carbonyl (C=O) groups is 1. The molecule has 1 aliphatic rings. The Bertz CT molecular complexity index is 947. The van der Waals surface area contributed by atoms with Crippen molar-refractivity contribution in [2.24, 2.45) is 0 Å². The van der Waals surface area contributed by atoms with Crippen LogP contribution in [0, 0.1) is 5.95 Å². The zero-order valence-corrected chi connectivity index (χ0v) is 13.8. The number of benzene rings is 2. The molecule has 0 saturated heterocycles. The molecule has 0 unspecified atom stereocenters. The Hall–Kier alpha value is -3.41. The molecule has 0 aliphatic carbocycles. The Labute approximate surface area is 149 Å². The molecule has 1 aliphatic heterocycles. The molecule has 0 N–H and O–H groups in total. The van der Waals surface area contributed by atoms with E-state index in [0.717, 1.165) is 11.6 Å². The van der Waals surface area contributed by atoms with Gasteiger partial charge in [0.05, 0.1) is 6.54 Å². The highest BCUT2D eigenvalue weighted by atomic mass is 19.1. The van der Waals surface area contributed by atoms with E-state index in [1.165, 1.54) is 12.3 Å². The van der Waals surface area contributed by atoms with E-state index in [9.17, 15) is 9.18 Å². The van der Waals surface area contributed by atoms with Crippen molar-refractivity contribution in [1.29, 1.82) is 0 Å². The smallest absolute Gasteiger partial charge is 0.258 e. The number of carbonyl (C=O) groups excluding carboxylic acids is 1. The summed E-state index contributed by atoms with van der Waals surface area (Å²) >= 11 is 0. The van der Waals surface area contributed by atoms with Crippen LogP contribution in [0.4, 0.5) is 10.1 Å². The lowest BCUT2D eigenvalue weighted by molar-refractivity contribution is 0.0984. The minimum Gasteiger partial charge on any atom is -0.454 e. The topological polar surface area (TPSA) is 51.7 Å². The van der Waals surface area contributed by atoms with Gasteiger partial charge in [-0.05, 0) is 35.9 Å². The zero-order chi connectivity index (χ0) is 17.9. The first-order valence-corrected chi connectivity index (χ1v) is 8.08. The van der Waals surface area contributed by atoms with Gasteiger partial charge in [-0.15, -0.1) is 0 Å². The first-order valence-electron chi connectivity index (χ1n) is 8.08. The average molecular weight is 350 g/mol. The van der Waals surface area contributed by atoms with Gasteiger partial charge in [0.15, 0.2) is 11.5 Å².